The van der Waals surface area contributed by atoms with E-state index >= 15 is 0 Å². The molecule has 0 amide bonds. The highest BCUT2D eigenvalue weighted by molar-refractivity contribution is 7.22. The molecule has 5 aromatic rings. The molecular formula is C25H23N5S. The van der Waals surface area contributed by atoms with Crippen LogP contribution in [-0.2, 0) is 0 Å². The molecule has 6 rings (SSSR count). The minimum Gasteiger partial charge on any atom is -0.369 e. The van der Waals surface area contributed by atoms with Gasteiger partial charge in [-0.25, -0.2) is 4.98 Å². The highest BCUT2D eigenvalue weighted by Crippen LogP contribution is 2.33. The lowest BCUT2D eigenvalue weighted by Crippen LogP contribution is -2.44. The predicted octanol–water partition coefficient (Wildman–Crippen LogP) is 5.03. The van der Waals surface area contributed by atoms with Gasteiger partial charge in [0.25, 0.3) is 0 Å². The zero-order valence-corrected chi connectivity index (χ0v) is 18.2. The third-order valence-corrected chi connectivity index (χ3v) is 7.23. The largest absolute Gasteiger partial charge is 0.369 e. The van der Waals surface area contributed by atoms with Gasteiger partial charge in [0, 0.05) is 44.3 Å². The highest BCUT2D eigenvalue weighted by Gasteiger charge is 2.15. The molecule has 5 nitrogen and oxygen atoms in total. The second-order valence-electron chi connectivity index (χ2n) is 8.12. The molecule has 0 spiro atoms. The van der Waals surface area contributed by atoms with E-state index in [1.807, 2.05) is 18.5 Å². The number of benzene rings is 1. The second kappa shape index (κ2) is 7.48. The minimum atomic E-state index is 0.959. The third-order valence-electron chi connectivity index (χ3n) is 6.12. The number of fused-ring (bicyclic) bond motifs is 2. The van der Waals surface area contributed by atoms with Crippen molar-refractivity contribution in [1.82, 2.24) is 19.3 Å². The van der Waals surface area contributed by atoms with Crippen LogP contribution in [0.2, 0.25) is 0 Å². The Morgan fingerprint density at radius 3 is 2.52 bits per heavy atom. The topological polar surface area (TPSA) is 36.7 Å². The van der Waals surface area contributed by atoms with E-state index in [4.69, 9.17) is 0 Å². The van der Waals surface area contributed by atoms with Gasteiger partial charge in [-0.2, -0.15) is 0 Å². The molecule has 0 saturated carbocycles. The summed E-state index contributed by atoms with van der Waals surface area (Å²) in [7, 11) is 2.19. The van der Waals surface area contributed by atoms with Gasteiger partial charge in [0.05, 0.1) is 27.0 Å². The quantitative estimate of drug-likeness (QED) is 0.406. The van der Waals surface area contributed by atoms with Gasteiger partial charge in [0.2, 0.25) is 0 Å². The fourth-order valence-electron chi connectivity index (χ4n) is 4.27. The Morgan fingerprint density at radius 2 is 1.71 bits per heavy atom. The maximum Gasteiger partial charge on any atom is 0.137 e. The molecule has 4 aromatic heterocycles. The molecule has 0 atom stereocenters. The Kier molecular flexibility index (Phi) is 4.47. The van der Waals surface area contributed by atoms with Crippen molar-refractivity contribution >= 4 is 32.9 Å². The van der Waals surface area contributed by atoms with Crippen LogP contribution in [0.3, 0.4) is 0 Å². The molecule has 154 valence electrons. The average molecular weight is 426 g/mol. The SMILES string of the molecule is CN1CCN(c2ccc(-c3ccn4c(-c5cc6ncccc6s5)cnc4c3)cc2)CC1. The lowest BCUT2D eigenvalue weighted by Gasteiger charge is -2.34. The first kappa shape index (κ1) is 18.5. The molecule has 0 radical (unpaired) electrons. The van der Waals surface area contributed by atoms with E-state index in [1.165, 1.54) is 26.4 Å². The van der Waals surface area contributed by atoms with Gasteiger partial charge < -0.3 is 9.80 Å². The molecule has 31 heavy (non-hydrogen) atoms. The van der Waals surface area contributed by atoms with Gasteiger partial charge in [-0.05, 0) is 60.6 Å². The fourth-order valence-corrected chi connectivity index (χ4v) is 5.29. The molecular weight excluding hydrogens is 402 g/mol. The van der Waals surface area contributed by atoms with Crippen LogP contribution in [0.1, 0.15) is 0 Å². The first-order valence-corrected chi connectivity index (χ1v) is 11.4. The first-order chi connectivity index (χ1) is 15.2. The van der Waals surface area contributed by atoms with Gasteiger partial charge in [-0.3, -0.25) is 9.38 Å². The van der Waals surface area contributed by atoms with Crippen molar-refractivity contribution in [2.45, 2.75) is 0 Å². The van der Waals surface area contributed by atoms with Crippen molar-refractivity contribution in [3.63, 3.8) is 0 Å². The number of hydrogen-bond donors (Lipinski definition) is 0. The molecule has 1 saturated heterocycles. The van der Waals surface area contributed by atoms with Crippen LogP contribution in [0.5, 0.6) is 0 Å². The van der Waals surface area contributed by atoms with Crippen LogP contribution in [0, 0.1) is 0 Å². The van der Waals surface area contributed by atoms with Crippen LogP contribution in [0.25, 0.3) is 37.6 Å². The summed E-state index contributed by atoms with van der Waals surface area (Å²) in [5.74, 6) is 0. The van der Waals surface area contributed by atoms with Gasteiger partial charge in [0.1, 0.15) is 5.65 Å². The summed E-state index contributed by atoms with van der Waals surface area (Å²) in [6.45, 7) is 4.42. The molecule has 5 heterocycles. The van der Waals surface area contributed by atoms with Gasteiger partial charge >= 0.3 is 0 Å². The number of anilines is 1. The van der Waals surface area contributed by atoms with Crippen LogP contribution < -0.4 is 4.90 Å². The zero-order chi connectivity index (χ0) is 20.8. The Hall–Kier alpha value is -3.22. The van der Waals surface area contributed by atoms with E-state index in [1.54, 1.807) is 11.3 Å². The fraction of sp³-hybridized carbons (Fsp3) is 0.200. The Bertz CT molecular complexity index is 1330. The number of imidazole rings is 1. The standard InChI is InChI=1S/C25H23N5S/c1-28-11-13-29(14-12-28)20-6-4-18(5-7-20)19-8-10-30-22(17-27-25(30)15-19)24-16-21-23(31-24)3-2-9-26-21/h2-10,15-17H,11-14H2,1H3. The Morgan fingerprint density at radius 1 is 0.871 bits per heavy atom. The molecule has 1 aromatic carbocycles. The maximum atomic E-state index is 4.69. The van der Waals surface area contributed by atoms with Crippen molar-refractivity contribution in [3.8, 4) is 21.7 Å². The van der Waals surface area contributed by atoms with Gasteiger partial charge in [0.15, 0.2) is 0 Å². The van der Waals surface area contributed by atoms with Crippen LogP contribution in [-0.4, -0.2) is 52.5 Å². The predicted molar refractivity (Wildman–Crippen MR) is 129 cm³/mol. The van der Waals surface area contributed by atoms with Crippen molar-refractivity contribution < 1.29 is 0 Å². The second-order valence-corrected chi connectivity index (χ2v) is 9.21. The summed E-state index contributed by atoms with van der Waals surface area (Å²) in [4.78, 5) is 15.2. The van der Waals surface area contributed by atoms with Crippen LogP contribution in [0.15, 0.2) is 73.2 Å². The van der Waals surface area contributed by atoms with E-state index in [-0.39, 0.29) is 0 Å². The number of piperazine rings is 1. The summed E-state index contributed by atoms with van der Waals surface area (Å²) in [6, 6.07) is 19.5. The van der Waals surface area contributed by atoms with Gasteiger partial charge in [-0.15, -0.1) is 11.3 Å². The zero-order valence-electron chi connectivity index (χ0n) is 17.4. The molecule has 0 N–H and O–H groups in total. The first-order valence-electron chi connectivity index (χ1n) is 10.6. The molecule has 0 unspecified atom stereocenters. The van der Waals surface area contributed by atoms with Gasteiger partial charge in [-0.1, -0.05) is 12.1 Å². The number of rotatable bonds is 3. The molecule has 0 bridgehead atoms. The van der Waals surface area contributed by atoms with E-state index in [2.05, 4.69) is 85.9 Å². The molecule has 1 fully saturated rings. The monoisotopic (exact) mass is 425 g/mol. The smallest absolute Gasteiger partial charge is 0.137 e. The van der Waals surface area contributed by atoms with Crippen molar-refractivity contribution in [2.24, 2.45) is 0 Å². The minimum absolute atomic E-state index is 0.959. The molecule has 1 aliphatic heterocycles. The van der Waals surface area contributed by atoms with E-state index in [0.717, 1.165) is 43.0 Å². The summed E-state index contributed by atoms with van der Waals surface area (Å²) in [5.41, 5.74) is 6.81. The number of nitrogens with zero attached hydrogens (tertiary/aromatic N) is 5. The molecule has 1 aliphatic rings. The van der Waals surface area contributed by atoms with E-state index in [9.17, 15) is 0 Å². The average Bonchev–Trinajstić information content (AvgIpc) is 3.43. The third kappa shape index (κ3) is 3.38. The lowest BCUT2D eigenvalue weighted by atomic mass is 10.1. The number of likely N-dealkylation sites (N-methyl/N-ethyl adjacent to an activating group) is 1. The van der Waals surface area contributed by atoms with Crippen molar-refractivity contribution in [1.29, 1.82) is 0 Å². The summed E-state index contributed by atoms with van der Waals surface area (Å²) in [5, 5.41) is 0. The van der Waals surface area contributed by atoms with E-state index in [0.29, 0.717) is 0 Å². The van der Waals surface area contributed by atoms with E-state index < -0.39 is 0 Å². The Labute approximate surface area is 185 Å². The summed E-state index contributed by atoms with van der Waals surface area (Å²) in [6.07, 6.45) is 5.92. The molecule has 0 aliphatic carbocycles. The van der Waals surface area contributed by atoms with Crippen LogP contribution >= 0.6 is 11.3 Å². The van der Waals surface area contributed by atoms with Crippen molar-refractivity contribution in [3.05, 3.63) is 73.2 Å². The summed E-state index contributed by atoms with van der Waals surface area (Å²) < 4.78 is 3.36. The van der Waals surface area contributed by atoms with Crippen molar-refractivity contribution in [2.75, 3.05) is 38.1 Å². The number of hydrogen-bond acceptors (Lipinski definition) is 5. The number of aromatic nitrogens is 3. The normalized spacial score (nSPS) is 15.2. The molecule has 6 heteroatoms. The number of thiophene rings is 1. The Balaban J connectivity index is 1.30. The summed E-state index contributed by atoms with van der Waals surface area (Å²) >= 11 is 1.75. The lowest BCUT2D eigenvalue weighted by molar-refractivity contribution is 0.313. The maximum absolute atomic E-state index is 4.69. The van der Waals surface area contributed by atoms with Crippen LogP contribution in [0.4, 0.5) is 5.69 Å². The number of pyridine rings is 2. The highest BCUT2D eigenvalue weighted by atomic mass is 32.1.